The molecule has 0 amide bonds. The van der Waals surface area contributed by atoms with E-state index in [1.807, 2.05) is 0 Å². The molecule has 0 radical (unpaired) electrons. The van der Waals surface area contributed by atoms with Gasteiger partial charge in [-0.1, -0.05) is 31.0 Å². The lowest BCUT2D eigenvalue weighted by atomic mass is 10.0. The number of nitrogens with zero attached hydrogens (tertiary/aromatic N) is 4. The van der Waals surface area contributed by atoms with Crippen LogP contribution in [0.4, 0.5) is 11.9 Å². The molecule has 7 heteroatoms. The van der Waals surface area contributed by atoms with Crippen LogP contribution >= 0.6 is 11.8 Å². The Labute approximate surface area is 123 Å². The average Bonchev–Trinajstić information content (AvgIpc) is 3.02. The quantitative estimate of drug-likeness (QED) is 0.650. The molecule has 0 aromatic carbocycles. The van der Waals surface area contributed by atoms with Crippen LogP contribution in [-0.2, 0) is 0 Å². The average molecular weight is 294 g/mol. The largest absolute Gasteiger partial charge is 0.341 e. The fraction of sp³-hybridized carbons (Fsp3) is 0.769. The van der Waals surface area contributed by atoms with Gasteiger partial charge in [-0.05, 0) is 25.7 Å². The molecule has 6 nitrogen and oxygen atoms in total. The number of rotatable bonds is 4. The van der Waals surface area contributed by atoms with E-state index in [9.17, 15) is 0 Å². The summed E-state index contributed by atoms with van der Waals surface area (Å²) in [5.41, 5.74) is 2.57. The van der Waals surface area contributed by atoms with E-state index in [1.165, 1.54) is 44.9 Å². The molecule has 0 bridgehead atoms. The van der Waals surface area contributed by atoms with E-state index in [0.29, 0.717) is 11.2 Å². The number of thioether (sulfide) groups is 1. The van der Waals surface area contributed by atoms with Crippen molar-refractivity contribution in [1.82, 2.24) is 15.0 Å². The van der Waals surface area contributed by atoms with Crippen LogP contribution in [-0.4, -0.2) is 33.3 Å². The molecule has 1 aliphatic heterocycles. The summed E-state index contributed by atoms with van der Waals surface area (Å²) < 4.78 is 0. The second-order valence-electron chi connectivity index (χ2n) is 5.46. The number of aromatic nitrogens is 3. The molecule has 20 heavy (non-hydrogen) atoms. The summed E-state index contributed by atoms with van der Waals surface area (Å²) in [5, 5.41) is 1.45. The number of anilines is 2. The normalized spacial score (nSPS) is 20.4. The van der Waals surface area contributed by atoms with Gasteiger partial charge in [-0.15, -0.1) is 0 Å². The molecule has 2 heterocycles. The van der Waals surface area contributed by atoms with Crippen LogP contribution in [0.3, 0.4) is 0 Å². The number of hydrogen-bond acceptors (Lipinski definition) is 7. The molecule has 1 aromatic heterocycles. The third-order valence-electron chi connectivity index (χ3n) is 3.95. The van der Waals surface area contributed by atoms with Crippen molar-refractivity contribution in [2.75, 3.05) is 23.4 Å². The summed E-state index contributed by atoms with van der Waals surface area (Å²) in [4.78, 5) is 15.6. The minimum atomic E-state index is 0.472. The molecular weight excluding hydrogens is 272 g/mol. The van der Waals surface area contributed by atoms with Crippen molar-refractivity contribution in [1.29, 1.82) is 0 Å². The summed E-state index contributed by atoms with van der Waals surface area (Å²) in [5.74, 6) is 6.73. The Bertz CT molecular complexity index is 442. The highest BCUT2D eigenvalue weighted by atomic mass is 32.2. The van der Waals surface area contributed by atoms with Gasteiger partial charge in [0.25, 0.3) is 0 Å². The third-order valence-corrected chi connectivity index (χ3v) is 5.14. The lowest BCUT2D eigenvalue weighted by molar-refractivity contribution is 0.515. The molecule has 0 unspecified atom stereocenters. The van der Waals surface area contributed by atoms with Crippen molar-refractivity contribution >= 4 is 23.7 Å². The first-order chi connectivity index (χ1) is 9.85. The van der Waals surface area contributed by atoms with Crippen LogP contribution in [0.25, 0.3) is 0 Å². The van der Waals surface area contributed by atoms with Gasteiger partial charge in [-0.2, -0.15) is 15.0 Å². The maximum Gasteiger partial charge on any atom is 0.242 e. The highest BCUT2D eigenvalue weighted by molar-refractivity contribution is 7.99. The van der Waals surface area contributed by atoms with Crippen molar-refractivity contribution in [3.63, 3.8) is 0 Å². The molecule has 1 aliphatic carbocycles. The summed E-state index contributed by atoms with van der Waals surface area (Å²) >= 11 is 1.78. The zero-order valence-electron chi connectivity index (χ0n) is 11.7. The van der Waals surface area contributed by atoms with E-state index >= 15 is 0 Å². The molecule has 1 aromatic rings. The Morgan fingerprint density at radius 3 is 2.45 bits per heavy atom. The highest BCUT2D eigenvalue weighted by Crippen LogP contribution is 2.32. The van der Waals surface area contributed by atoms with Crippen LogP contribution in [0.2, 0.25) is 0 Å². The first kappa shape index (κ1) is 13.9. The number of nitrogens with two attached hydrogens (primary N) is 1. The maximum absolute atomic E-state index is 5.49. The van der Waals surface area contributed by atoms with E-state index < -0.39 is 0 Å². The van der Waals surface area contributed by atoms with Gasteiger partial charge < -0.3 is 4.90 Å². The van der Waals surface area contributed by atoms with Gasteiger partial charge in [0.15, 0.2) is 5.16 Å². The second-order valence-corrected chi connectivity index (χ2v) is 6.73. The van der Waals surface area contributed by atoms with Gasteiger partial charge in [0.1, 0.15) is 0 Å². The van der Waals surface area contributed by atoms with Crippen molar-refractivity contribution in [2.45, 2.75) is 55.4 Å². The molecule has 0 spiro atoms. The topological polar surface area (TPSA) is 80.0 Å². The van der Waals surface area contributed by atoms with E-state index in [1.54, 1.807) is 11.8 Å². The minimum Gasteiger partial charge on any atom is -0.341 e. The van der Waals surface area contributed by atoms with Crippen LogP contribution in [0.5, 0.6) is 0 Å². The van der Waals surface area contributed by atoms with Gasteiger partial charge in [0, 0.05) is 18.3 Å². The minimum absolute atomic E-state index is 0.472. The van der Waals surface area contributed by atoms with Gasteiger partial charge >= 0.3 is 0 Å². The Hall–Kier alpha value is -1.08. The summed E-state index contributed by atoms with van der Waals surface area (Å²) in [6.45, 7) is 2.06. The summed E-state index contributed by atoms with van der Waals surface area (Å²) in [6, 6.07) is 0. The van der Waals surface area contributed by atoms with Crippen LogP contribution in [0.15, 0.2) is 5.16 Å². The van der Waals surface area contributed by atoms with Gasteiger partial charge in [0.2, 0.25) is 11.9 Å². The fourth-order valence-corrected chi connectivity index (χ4v) is 3.99. The predicted molar refractivity (Wildman–Crippen MR) is 81.8 cm³/mol. The molecule has 2 fully saturated rings. The van der Waals surface area contributed by atoms with Gasteiger partial charge in [0.05, 0.1) is 0 Å². The van der Waals surface area contributed by atoms with E-state index in [2.05, 4.69) is 25.3 Å². The first-order valence-electron chi connectivity index (χ1n) is 7.49. The molecule has 1 saturated carbocycles. The number of nitrogen functional groups attached to an aromatic ring is 1. The van der Waals surface area contributed by atoms with Crippen LogP contribution in [0, 0.1) is 0 Å². The SMILES string of the molecule is NNc1nc(SC2CCCCC2)nc(N2CCCC2)n1. The Balaban J connectivity index is 1.76. The molecule has 3 N–H and O–H groups in total. The van der Waals surface area contributed by atoms with Crippen molar-refractivity contribution < 1.29 is 0 Å². The number of hydrogen-bond donors (Lipinski definition) is 2. The monoisotopic (exact) mass is 294 g/mol. The third kappa shape index (κ3) is 3.32. The van der Waals surface area contributed by atoms with E-state index in [4.69, 9.17) is 5.84 Å². The predicted octanol–water partition coefficient (Wildman–Crippen LogP) is 2.18. The van der Waals surface area contributed by atoms with Gasteiger partial charge in [-0.25, -0.2) is 5.84 Å². The zero-order chi connectivity index (χ0) is 13.8. The second kappa shape index (κ2) is 6.58. The van der Waals surface area contributed by atoms with Crippen LogP contribution in [0.1, 0.15) is 44.9 Å². The highest BCUT2D eigenvalue weighted by Gasteiger charge is 2.20. The molecule has 2 aliphatic rings. The standard InChI is InChI=1S/C13H22N6S/c14-18-11-15-12(19-8-4-5-9-19)17-13(16-11)20-10-6-2-1-3-7-10/h10H,1-9,14H2,(H,15,16,17,18). The smallest absolute Gasteiger partial charge is 0.242 e. The number of nitrogens with one attached hydrogen (secondary N) is 1. The van der Waals surface area contributed by atoms with Crippen LogP contribution < -0.4 is 16.2 Å². The van der Waals surface area contributed by atoms with Crippen molar-refractivity contribution in [3.05, 3.63) is 0 Å². The van der Waals surface area contributed by atoms with Gasteiger partial charge in [-0.3, -0.25) is 5.43 Å². The molecule has 3 rings (SSSR count). The van der Waals surface area contributed by atoms with Crippen molar-refractivity contribution in [3.8, 4) is 0 Å². The fourth-order valence-electron chi connectivity index (χ4n) is 2.85. The zero-order valence-corrected chi connectivity index (χ0v) is 12.5. The number of hydrazine groups is 1. The Morgan fingerprint density at radius 1 is 1.00 bits per heavy atom. The summed E-state index contributed by atoms with van der Waals surface area (Å²) in [6.07, 6.45) is 8.96. The van der Waals surface area contributed by atoms with Crippen molar-refractivity contribution in [2.24, 2.45) is 5.84 Å². The van der Waals surface area contributed by atoms with E-state index in [-0.39, 0.29) is 0 Å². The van der Waals surface area contributed by atoms with E-state index in [0.717, 1.165) is 24.2 Å². The first-order valence-corrected chi connectivity index (χ1v) is 8.37. The maximum atomic E-state index is 5.49. The Morgan fingerprint density at radius 2 is 1.75 bits per heavy atom. The molecular formula is C13H22N6S. The lowest BCUT2D eigenvalue weighted by Crippen LogP contribution is -2.23. The molecule has 110 valence electrons. The Kier molecular flexibility index (Phi) is 4.57. The summed E-state index contributed by atoms with van der Waals surface area (Å²) in [7, 11) is 0. The molecule has 0 atom stereocenters. The molecule has 1 saturated heterocycles. The lowest BCUT2D eigenvalue weighted by Gasteiger charge is -2.21.